The molecule has 0 aromatic carbocycles. The van der Waals surface area contributed by atoms with E-state index < -0.39 is 5.97 Å². The predicted molar refractivity (Wildman–Crippen MR) is 80.6 cm³/mol. The fraction of sp³-hybridized carbons (Fsp3) is 0.688. The molecule has 1 aromatic rings. The third-order valence-corrected chi connectivity index (χ3v) is 4.98. The van der Waals surface area contributed by atoms with E-state index in [-0.39, 0.29) is 17.5 Å². The van der Waals surface area contributed by atoms with Crippen LogP contribution in [0.25, 0.3) is 0 Å². The van der Waals surface area contributed by atoms with Crippen molar-refractivity contribution in [2.45, 2.75) is 51.0 Å². The molecule has 1 aromatic heterocycles. The lowest BCUT2D eigenvalue weighted by atomic mass is 10.0. The van der Waals surface area contributed by atoms with Crippen molar-refractivity contribution in [3.05, 3.63) is 18.0 Å². The highest BCUT2D eigenvalue weighted by molar-refractivity contribution is 5.86. The summed E-state index contributed by atoms with van der Waals surface area (Å²) >= 11 is 0. The highest BCUT2D eigenvalue weighted by Crippen LogP contribution is 2.29. The standard InChI is InChI=1S/C16H23N3O3/c20-15(9-12-3-1-2-4-12)18-7-5-14(6-8-18)19-11-13(10-17-19)16(21)22/h10-12,14H,1-9H2,(H,21,22). The molecule has 6 heteroatoms. The molecule has 120 valence electrons. The van der Waals surface area contributed by atoms with Gasteiger partial charge in [0.05, 0.1) is 17.8 Å². The van der Waals surface area contributed by atoms with E-state index in [1.54, 1.807) is 10.9 Å². The summed E-state index contributed by atoms with van der Waals surface area (Å²) in [6.45, 7) is 1.50. The second kappa shape index (κ2) is 6.50. The molecule has 1 saturated heterocycles. The first-order valence-corrected chi connectivity index (χ1v) is 8.18. The Balaban J connectivity index is 1.50. The van der Waals surface area contributed by atoms with Crippen LogP contribution in [0.2, 0.25) is 0 Å². The number of aromatic carboxylic acids is 1. The van der Waals surface area contributed by atoms with Crippen LogP contribution in [-0.2, 0) is 4.79 Å². The lowest BCUT2D eigenvalue weighted by Gasteiger charge is -2.32. The lowest BCUT2D eigenvalue weighted by Crippen LogP contribution is -2.39. The summed E-state index contributed by atoms with van der Waals surface area (Å²) in [5.41, 5.74) is 0.222. The van der Waals surface area contributed by atoms with Gasteiger partial charge in [-0.2, -0.15) is 5.10 Å². The number of nitrogens with zero attached hydrogens (tertiary/aromatic N) is 3. The van der Waals surface area contributed by atoms with Gasteiger partial charge in [0.15, 0.2) is 0 Å². The SMILES string of the molecule is O=C(O)c1cnn(C2CCN(C(=O)CC3CCCC3)CC2)c1. The third kappa shape index (κ3) is 3.31. The number of aromatic nitrogens is 2. The number of hydrogen-bond acceptors (Lipinski definition) is 3. The number of amides is 1. The molecule has 2 heterocycles. The Morgan fingerprint density at radius 2 is 1.86 bits per heavy atom. The van der Waals surface area contributed by atoms with Crippen molar-refractivity contribution in [1.82, 2.24) is 14.7 Å². The topological polar surface area (TPSA) is 75.4 Å². The summed E-state index contributed by atoms with van der Waals surface area (Å²) in [5, 5.41) is 13.1. The molecule has 0 atom stereocenters. The molecular weight excluding hydrogens is 282 g/mol. The number of carbonyl (C=O) groups excluding carboxylic acids is 1. The Morgan fingerprint density at radius 3 is 2.45 bits per heavy atom. The van der Waals surface area contributed by atoms with Gasteiger partial charge in [0.25, 0.3) is 0 Å². The number of carboxylic acid groups (broad SMARTS) is 1. The first kappa shape index (κ1) is 15.1. The Hall–Kier alpha value is -1.85. The molecule has 22 heavy (non-hydrogen) atoms. The Morgan fingerprint density at radius 1 is 1.18 bits per heavy atom. The lowest BCUT2D eigenvalue weighted by molar-refractivity contribution is -0.133. The van der Waals surface area contributed by atoms with Gasteiger partial charge in [-0.1, -0.05) is 12.8 Å². The van der Waals surface area contributed by atoms with E-state index in [9.17, 15) is 9.59 Å². The summed E-state index contributed by atoms with van der Waals surface area (Å²) in [6.07, 6.45) is 10.3. The maximum atomic E-state index is 12.3. The second-order valence-electron chi connectivity index (χ2n) is 6.48. The van der Waals surface area contributed by atoms with Crippen LogP contribution in [-0.4, -0.2) is 44.8 Å². The van der Waals surface area contributed by atoms with Gasteiger partial charge in [0, 0.05) is 25.7 Å². The number of rotatable bonds is 4. The van der Waals surface area contributed by atoms with Crippen LogP contribution in [0.5, 0.6) is 0 Å². The van der Waals surface area contributed by atoms with Gasteiger partial charge in [0.2, 0.25) is 5.91 Å². The van der Waals surface area contributed by atoms with Crippen molar-refractivity contribution in [3.63, 3.8) is 0 Å². The molecule has 0 spiro atoms. The molecule has 0 radical (unpaired) electrons. The highest BCUT2D eigenvalue weighted by Gasteiger charge is 2.27. The third-order valence-electron chi connectivity index (χ3n) is 4.98. The molecule has 6 nitrogen and oxygen atoms in total. The normalized spacial score (nSPS) is 20.5. The van der Waals surface area contributed by atoms with Gasteiger partial charge >= 0.3 is 5.97 Å². The van der Waals surface area contributed by atoms with Gasteiger partial charge in [0.1, 0.15) is 0 Å². The van der Waals surface area contributed by atoms with Gasteiger partial charge in [-0.15, -0.1) is 0 Å². The highest BCUT2D eigenvalue weighted by atomic mass is 16.4. The van der Waals surface area contributed by atoms with Crippen molar-refractivity contribution in [2.75, 3.05) is 13.1 Å². The van der Waals surface area contributed by atoms with Gasteiger partial charge in [-0.25, -0.2) is 4.79 Å². The second-order valence-corrected chi connectivity index (χ2v) is 6.48. The molecule has 0 unspecified atom stereocenters. The van der Waals surface area contributed by atoms with Crippen molar-refractivity contribution >= 4 is 11.9 Å². The minimum absolute atomic E-state index is 0.198. The molecule has 1 aliphatic heterocycles. The van der Waals surface area contributed by atoms with E-state index in [1.807, 2.05) is 4.90 Å². The Kier molecular flexibility index (Phi) is 4.45. The van der Waals surface area contributed by atoms with E-state index in [0.717, 1.165) is 25.9 Å². The number of hydrogen-bond donors (Lipinski definition) is 1. The fourth-order valence-corrected chi connectivity index (χ4v) is 3.62. The van der Waals surface area contributed by atoms with Crippen LogP contribution in [0.4, 0.5) is 0 Å². The fourth-order valence-electron chi connectivity index (χ4n) is 3.62. The first-order valence-electron chi connectivity index (χ1n) is 8.18. The Labute approximate surface area is 130 Å². The molecular formula is C16H23N3O3. The summed E-state index contributed by atoms with van der Waals surface area (Å²) < 4.78 is 1.74. The molecule has 2 aliphatic rings. The van der Waals surface area contributed by atoms with Crippen molar-refractivity contribution in [1.29, 1.82) is 0 Å². The molecule has 3 rings (SSSR count). The van der Waals surface area contributed by atoms with E-state index in [1.165, 1.54) is 31.9 Å². The first-order chi connectivity index (χ1) is 10.6. The smallest absolute Gasteiger partial charge is 0.338 e. The number of carboxylic acids is 1. The molecule has 1 aliphatic carbocycles. The van der Waals surface area contributed by atoms with Crippen LogP contribution in [0.3, 0.4) is 0 Å². The van der Waals surface area contributed by atoms with Gasteiger partial charge < -0.3 is 10.0 Å². The monoisotopic (exact) mass is 305 g/mol. The van der Waals surface area contributed by atoms with Crippen molar-refractivity contribution in [2.24, 2.45) is 5.92 Å². The molecule has 1 saturated carbocycles. The quantitative estimate of drug-likeness (QED) is 0.926. The summed E-state index contributed by atoms with van der Waals surface area (Å²) in [4.78, 5) is 25.2. The average molecular weight is 305 g/mol. The zero-order chi connectivity index (χ0) is 15.5. The number of carbonyl (C=O) groups is 2. The van der Waals surface area contributed by atoms with E-state index in [0.29, 0.717) is 12.3 Å². The van der Waals surface area contributed by atoms with Crippen LogP contribution in [0.15, 0.2) is 12.4 Å². The van der Waals surface area contributed by atoms with Gasteiger partial charge in [-0.3, -0.25) is 9.48 Å². The van der Waals surface area contributed by atoms with Crippen LogP contribution < -0.4 is 0 Å². The van der Waals surface area contributed by atoms with E-state index in [2.05, 4.69) is 5.10 Å². The largest absolute Gasteiger partial charge is 0.478 e. The predicted octanol–water partition coefficient (Wildman–Crippen LogP) is 2.33. The molecule has 1 amide bonds. The van der Waals surface area contributed by atoms with Gasteiger partial charge in [-0.05, 0) is 31.6 Å². The molecule has 0 bridgehead atoms. The average Bonchev–Trinajstić information content (AvgIpc) is 3.18. The summed E-state index contributed by atoms with van der Waals surface area (Å²) in [6, 6.07) is 0.198. The zero-order valence-corrected chi connectivity index (χ0v) is 12.8. The maximum Gasteiger partial charge on any atom is 0.338 e. The van der Waals surface area contributed by atoms with Crippen LogP contribution >= 0.6 is 0 Å². The van der Waals surface area contributed by atoms with Crippen molar-refractivity contribution in [3.8, 4) is 0 Å². The molecule has 1 N–H and O–H groups in total. The van der Waals surface area contributed by atoms with Crippen LogP contribution in [0, 0.1) is 5.92 Å². The minimum Gasteiger partial charge on any atom is -0.478 e. The summed E-state index contributed by atoms with van der Waals surface area (Å²) in [5.74, 6) is -0.0677. The zero-order valence-electron chi connectivity index (χ0n) is 12.8. The Bertz CT molecular complexity index is 541. The molecule has 2 fully saturated rings. The van der Waals surface area contributed by atoms with Crippen molar-refractivity contribution < 1.29 is 14.7 Å². The summed E-state index contributed by atoms with van der Waals surface area (Å²) in [7, 11) is 0. The van der Waals surface area contributed by atoms with E-state index in [4.69, 9.17) is 5.11 Å². The minimum atomic E-state index is -0.949. The number of likely N-dealkylation sites (tertiary alicyclic amines) is 1. The maximum absolute atomic E-state index is 12.3. The number of piperidine rings is 1. The van der Waals surface area contributed by atoms with Crippen LogP contribution in [0.1, 0.15) is 61.3 Å². The van der Waals surface area contributed by atoms with E-state index >= 15 is 0 Å².